The number of hydrogen-bond acceptors (Lipinski definition) is 4. The van der Waals surface area contributed by atoms with E-state index >= 15 is 0 Å². The minimum Gasteiger partial charge on any atom is -0.497 e. The van der Waals surface area contributed by atoms with E-state index in [9.17, 15) is 14.4 Å². The number of hydrogen-bond donors (Lipinski definition) is 1. The summed E-state index contributed by atoms with van der Waals surface area (Å²) in [5.74, 6) is -1.08. The average molecular weight is 501 g/mol. The number of carbonyl (C=O) groups excluding carboxylic acids is 3. The maximum atomic E-state index is 13.9. The third-order valence-corrected chi connectivity index (χ3v) is 8.18. The van der Waals surface area contributed by atoms with E-state index < -0.39 is 11.8 Å². The lowest BCUT2D eigenvalue weighted by molar-refractivity contribution is -0.122. The van der Waals surface area contributed by atoms with Gasteiger partial charge in [-0.3, -0.25) is 14.4 Å². The van der Waals surface area contributed by atoms with Crippen LogP contribution in [0.15, 0.2) is 97.1 Å². The molecule has 3 aliphatic carbocycles. The summed E-state index contributed by atoms with van der Waals surface area (Å²) in [7, 11) is 1.59. The Morgan fingerprint density at radius 2 is 1.16 bits per heavy atom. The Morgan fingerprint density at radius 3 is 1.61 bits per heavy atom. The summed E-state index contributed by atoms with van der Waals surface area (Å²) in [6, 6.07) is 30.1. The van der Waals surface area contributed by atoms with Crippen molar-refractivity contribution in [3.8, 4) is 5.75 Å². The predicted molar refractivity (Wildman–Crippen MR) is 143 cm³/mol. The zero-order valence-corrected chi connectivity index (χ0v) is 20.6. The maximum absolute atomic E-state index is 13.9. The Hall–Kier alpha value is -4.71. The Kier molecular flexibility index (Phi) is 4.98. The van der Waals surface area contributed by atoms with E-state index in [1.165, 1.54) is 4.90 Å². The molecule has 186 valence electrons. The van der Waals surface area contributed by atoms with Crippen LogP contribution in [0.3, 0.4) is 0 Å². The lowest BCUT2D eigenvalue weighted by Crippen LogP contribution is -2.41. The van der Waals surface area contributed by atoms with Crippen molar-refractivity contribution >= 4 is 29.1 Å². The van der Waals surface area contributed by atoms with Crippen molar-refractivity contribution in [1.29, 1.82) is 0 Å². The number of rotatable bonds is 4. The van der Waals surface area contributed by atoms with Crippen LogP contribution in [0.4, 0.5) is 11.4 Å². The predicted octanol–water partition coefficient (Wildman–Crippen LogP) is 5.34. The van der Waals surface area contributed by atoms with Crippen LogP contribution in [0.2, 0.25) is 0 Å². The Labute approximate surface area is 219 Å². The van der Waals surface area contributed by atoms with Crippen molar-refractivity contribution < 1.29 is 19.1 Å². The first-order valence-electron chi connectivity index (χ1n) is 12.7. The fourth-order valence-electron chi connectivity index (χ4n) is 6.57. The van der Waals surface area contributed by atoms with E-state index in [2.05, 4.69) is 29.6 Å². The Balaban J connectivity index is 1.19. The molecule has 1 saturated heterocycles. The molecular weight excluding hydrogens is 476 g/mol. The number of anilines is 2. The van der Waals surface area contributed by atoms with Crippen LogP contribution in [0.25, 0.3) is 0 Å². The molecule has 2 atom stereocenters. The van der Waals surface area contributed by atoms with Gasteiger partial charge in [0.1, 0.15) is 5.75 Å². The van der Waals surface area contributed by atoms with Crippen molar-refractivity contribution in [3.05, 3.63) is 125 Å². The number of carbonyl (C=O) groups is 3. The van der Waals surface area contributed by atoms with Gasteiger partial charge in [-0.25, -0.2) is 4.90 Å². The van der Waals surface area contributed by atoms with E-state index in [0.717, 1.165) is 22.3 Å². The molecule has 38 heavy (non-hydrogen) atoms. The molecule has 2 unspecified atom stereocenters. The lowest BCUT2D eigenvalue weighted by Gasteiger charge is -2.45. The molecule has 1 fully saturated rings. The molecule has 6 nitrogen and oxygen atoms in total. The SMILES string of the molecule is COc1ccc(NC(=O)c2ccc(N3C(=O)C4C5c6ccccc6C(c6ccccc65)C4C3=O)cc2)cc1. The molecule has 2 bridgehead atoms. The van der Waals surface area contributed by atoms with Gasteiger partial charge < -0.3 is 10.1 Å². The van der Waals surface area contributed by atoms with Gasteiger partial charge in [-0.05, 0) is 70.8 Å². The summed E-state index contributed by atoms with van der Waals surface area (Å²) in [6.07, 6.45) is 0. The van der Waals surface area contributed by atoms with Crippen LogP contribution < -0.4 is 15.0 Å². The smallest absolute Gasteiger partial charge is 0.255 e. The largest absolute Gasteiger partial charge is 0.497 e. The molecule has 1 aliphatic heterocycles. The minimum absolute atomic E-state index is 0.145. The highest BCUT2D eigenvalue weighted by Gasteiger charge is 2.61. The standard InChI is InChI=1S/C32H24N2O4/c1-38-21-16-12-19(13-17-21)33-30(35)18-10-14-20(15-11-18)34-31(36)28-26-22-6-2-3-7-23(22)27(29(28)32(34)37)25-9-5-4-8-24(25)26/h2-17,26-29H,1H3,(H,33,35). The van der Waals surface area contributed by atoms with Crippen LogP contribution in [-0.4, -0.2) is 24.8 Å². The fourth-order valence-corrected chi connectivity index (χ4v) is 6.57. The van der Waals surface area contributed by atoms with Gasteiger partial charge in [-0.2, -0.15) is 0 Å². The average Bonchev–Trinajstić information content (AvgIpc) is 3.23. The summed E-state index contributed by atoms with van der Waals surface area (Å²) >= 11 is 0. The molecule has 0 saturated carbocycles. The summed E-state index contributed by atoms with van der Waals surface area (Å²) in [4.78, 5) is 41.9. The van der Waals surface area contributed by atoms with Crippen molar-refractivity contribution in [2.75, 3.05) is 17.3 Å². The van der Waals surface area contributed by atoms with E-state index in [1.807, 2.05) is 24.3 Å². The van der Waals surface area contributed by atoms with E-state index in [1.54, 1.807) is 55.6 Å². The van der Waals surface area contributed by atoms with Gasteiger partial charge in [0.2, 0.25) is 11.8 Å². The Bertz CT molecular complexity index is 1490. The third-order valence-electron chi connectivity index (χ3n) is 8.18. The van der Waals surface area contributed by atoms with Crippen LogP contribution in [0, 0.1) is 11.8 Å². The molecule has 1 heterocycles. The van der Waals surface area contributed by atoms with Gasteiger partial charge in [-0.15, -0.1) is 0 Å². The first-order valence-corrected chi connectivity index (χ1v) is 12.7. The van der Waals surface area contributed by atoms with Gasteiger partial charge in [-0.1, -0.05) is 48.5 Å². The first-order chi connectivity index (χ1) is 18.6. The Morgan fingerprint density at radius 1 is 0.684 bits per heavy atom. The minimum atomic E-state index is -0.435. The summed E-state index contributed by atoms with van der Waals surface area (Å²) in [5.41, 5.74) is 6.14. The molecule has 1 N–H and O–H groups in total. The van der Waals surface area contributed by atoms with E-state index in [4.69, 9.17) is 4.74 Å². The number of benzene rings is 4. The van der Waals surface area contributed by atoms with Crippen LogP contribution in [0.5, 0.6) is 5.75 Å². The molecule has 0 spiro atoms. The fraction of sp³-hybridized carbons (Fsp3) is 0.156. The molecule has 6 heteroatoms. The number of methoxy groups -OCH3 is 1. The van der Waals surface area contributed by atoms with E-state index in [-0.39, 0.29) is 29.6 Å². The van der Waals surface area contributed by atoms with E-state index in [0.29, 0.717) is 22.7 Å². The van der Waals surface area contributed by atoms with Gasteiger partial charge in [0.05, 0.1) is 24.6 Å². The second-order valence-electron chi connectivity index (χ2n) is 10.0. The summed E-state index contributed by atoms with van der Waals surface area (Å²) < 4.78 is 5.15. The highest BCUT2D eigenvalue weighted by Crippen LogP contribution is 2.61. The molecule has 4 aromatic rings. The highest BCUT2D eigenvalue weighted by atomic mass is 16.5. The molecule has 4 aromatic carbocycles. The number of nitrogens with one attached hydrogen (secondary N) is 1. The normalized spacial score (nSPS) is 22.5. The molecule has 4 aliphatic rings. The molecule has 0 aromatic heterocycles. The van der Waals surface area contributed by atoms with Crippen molar-refractivity contribution in [2.45, 2.75) is 11.8 Å². The topological polar surface area (TPSA) is 75.7 Å². The van der Waals surface area contributed by atoms with Crippen molar-refractivity contribution in [2.24, 2.45) is 11.8 Å². The highest BCUT2D eigenvalue weighted by molar-refractivity contribution is 6.23. The zero-order chi connectivity index (χ0) is 26.0. The number of ether oxygens (including phenoxy) is 1. The lowest BCUT2D eigenvalue weighted by atomic mass is 9.55. The first kappa shape index (κ1) is 22.5. The summed E-state index contributed by atoms with van der Waals surface area (Å²) in [6.45, 7) is 0. The van der Waals surface area contributed by atoms with Gasteiger partial charge in [0.25, 0.3) is 5.91 Å². The van der Waals surface area contributed by atoms with Crippen LogP contribution in [0.1, 0.15) is 44.4 Å². The van der Waals surface area contributed by atoms with Crippen LogP contribution >= 0.6 is 0 Å². The number of nitrogens with zero attached hydrogens (tertiary/aromatic N) is 1. The van der Waals surface area contributed by atoms with Crippen molar-refractivity contribution in [3.63, 3.8) is 0 Å². The maximum Gasteiger partial charge on any atom is 0.255 e. The molecule has 8 rings (SSSR count). The number of amides is 3. The zero-order valence-electron chi connectivity index (χ0n) is 20.6. The third kappa shape index (κ3) is 3.16. The van der Waals surface area contributed by atoms with Gasteiger partial charge >= 0.3 is 0 Å². The quantitative estimate of drug-likeness (QED) is 0.384. The molecular formula is C32H24N2O4. The van der Waals surface area contributed by atoms with Crippen LogP contribution in [-0.2, 0) is 9.59 Å². The van der Waals surface area contributed by atoms with Gasteiger partial charge in [0.15, 0.2) is 0 Å². The van der Waals surface area contributed by atoms with Gasteiger partial charge in [0, 0.05) is 23.1 Å². The van der Waals surface area contributed by atoms with Crippen molar-refractivity contribution in [1.82, 2.24) is 0 Å². The second-order valence-corrected chi connectivity index (χ2v) is 10.0. The number of imide groups is 1. The second kappa shape index (κ2) is 8.42. The summed E-state index contributed by atoms with van der Waals surface area (Å²) in [5, 5.41) is 2.85. The monoisotopic (exact) mass is 500 g/mol. The molecule has 3 amide bonds. The molecule has 0 radical (unpaired) electrons.